The van der Waals surface area contributed by atoms with E-state index < -0.39 is 10.0 Å². The first kappa shape index (κ1) is 19.9. The molecule has 1 aromatic heterocycles. The summed E-state index contributed by atoms with van der Waals surface area (Å²) >= 11 is 0. The molecule has 2 aromatic carbocycles. The normalized spacial score (nSPS) is 15.6. The zero-order chi connectivity index (χ0) is 20.6. The topological polar surface area (TPSA) is 42.3 Å². The lowest BCUT2D eigenvalue weighted by Gasteiger charge is -2.25. The van der Waals surface area contributed by atoms with Crippen molar-refractivity contribution in [2.45, 2.75) is 33.7 Å². The third kappa shape index (κ3) is 3.65. The molecule has 0 saturated heterocycles. The molecule has 0 spiro atoms. The zero-order valence-electron chi connectivity index (χ0n) is 17.4. The largest absolute Gasteiger partial charge is 0.340 e. The highest BCUT2D eigenvalue weighted by Crippen LogP contribution is 2.35. The van der Waals surface area contributed by atoms with Crippen molar-refractivity contribution in [1.29, 1.82) is 0 Å². The molecule has 1 aliphatic rings. The van der Waals surface area contributed by atoms with Crippen molar-refractivity contribution in [1.82, 2.24) is 8.87 Å². The van der Waals surface area contributed by atoms with E-state index in [2.05, 4.69) is 73.0 Å². The van der Waals surface area contributed by atoms with E-state index >= 15 is 0 Å². The number of para-hydroxylation sites is 1. The van der Waals surface area contributed by atoms with Crippen molar-refractivity contribution >= 4 is 26.5 Å². The lowest BCUT2D eigenvalue weighted by molar-refractivity contribution is 0.442. The predicted molar refractivity (Wildman–Crippen MR) is 121 cm³/mol. The van der Waals surface area contributed by atoms with Crippen LogP contribution >= 0.6 is 0 Å². The van der Waals surface area contributed by atoms with E-state index in [1.165, 1.54) is 38.9 Å². The molecule has 2 heterocycles. The Hall–Kier alpha value is -2.37. The first-order valence-electron chi connectivity index (χ1n) is 10.2. The maximum atomic E-state index is 12.2. The Balaban J connectivity index is 1.77. The monoisotopic (exact) mass is 408 g/mol. The summed E-state index contributed by atoms with van der Waals surface area (Å²) in [5, 5.41) is 1.25. The van der Waals surface area contributed by atoms with Crippen LogP contribution in [0.5, 0.6) is 0 Å². The van der Waals surface area contributed by atoms with Gasteiger partial charge in [0.2, 0.25) is 10.0 Å². The summed E-state index contributed by atoms with van der Waals surface area (Å²) in [6.45, 7) is 7.90. The van der Waals surface area contributed by atoms with Crippen LogP contribution in [0.3, 0.4) is 0 Å². The van der Waals surface area contributed by atoms with Gasteiger partial charge in [-0.2, -0.15) is 4.31 Å². The van der Waals surface area contributed by atoms with Crippen LogP contribution in [0.15, 0.2) is 54.6 Å². The minimum absolute atomic E-state index is 0.158. The first-order chi connectivity index (χ1) is 13.9. The highest BCUT2D eigenvalue weighted by atomic mass is 32.2. The fourth-order valence-electron chi connectivity index (χ4n) is 4.31. The number of hydrogen-bond donors (Lipinski definition) is 0. The molecule has 3 aromatic rings. The minimum atomic E-state index is -3.14. The first-order valence-corrected chi connectivity index (χ1v) is 11.8. The van der Waals surface area contributed by atoms with Gasteiger partial charge in [0.05, 0.1) is 5.75 Å². The van der Waals surface area contributed by atoms with Crippen molar-refractivity contribution in [3.63, 3.8) is 0 Å². The van der Waals surface area contributed by atoms with E-state index in [4.69, 9.17) is 0 Å². The fraction of sp³-hybridized carbons (Fsp3) is 0.333. The molecule has 0 bridgehead atoms. The summed E-state index contributed by atoms with van der Waals surface area (Å²) in [5.41, 5.74) is 7.61. The van der Waals surface area contributed by atoms with Gasteiger partial charge in [0.15, 0.2) is 0 Å². The van der Waals surface area contributed by atoms with Crippen molar-refractivity contribution < 1.29 is 8.42 Å². The van der Waals surface area contributed by atoms with Gasteiger partial charge in [0.25, 0.3) is 0 Å². The molecule has 4 nitrogen and oxygen atoms in total. The molecule has 0 unspecified atom stereocenters. The molecule has 0 saturated carbocycles. The number of sulfonamides is 1. The van der Waals surface area contributed by atoms with Gasteiger partial charge < -0.3 is 4.57 Å². The molecule has 0 atom stereocenters. The second-order valence-electron chi connectivity index (χ2n) is 7.73. The van der Waals surface area contributed by atoms with E-state index in [9.17, 15) is 8.42 Å². The molecule has 4 rings (SSSR count). The van der Waals surface area contributed by atoms with E-state index in [-0.39, 0.29) is 5.75 Å². The Bertz CT molecular complexity index is 1190. The molecule has 0 radical (unpaired) electrons. The van der Waals surface area contributed by atoms with Crippen molar-refractivity contribution in [3.05, 3.63) is 77.0 Å². The average molecular weight is 409 g/mol. The Morgan fingerprint density at radius 2 is 1.72 bits per heavy atom. The second kappa shape index (κ2) is 7.81. The highest BCUT2D eigenvalue weighted by molar-refractivity contribution is 7.89. The van der Waals surface area contributed by atoms with Crippen molar-refractivity contribution in [3.8, 4) is 0 Å². The van der Waals surface area contributed by atoms with E-state index in [0.29, 0.717) is 13.1 Å². The maximum Gasteiger partial charge on any atom is 0.214 e. The lowest BCUT2D eigenvalue weighted by atomic mass is 9.97. The number of hydrogen-bond acceptors (Lipinski definition) is 2. The molecule has 29 heavy (non-hydrogen) atoms. The quantitative estimate of drug-likeness (QED) is 0.612. The molecule has 1 aliphatic heterocycles. The van der Waals surface area contributed by atoms with Crippen molar-refractivity contribution in [2.75, 3.05) is 18.8 Å². The molecular weight excluding hydrogens is 380 g/mol. The zero-order valence-corrected chi connectivity index (χ0v) is 18.2. The molecular formula is C24H28N2O2S. The second-order valence-corrected chi connectivity index (χ2v) is 9.99. The average Bonchev–Trinajstić information content (AvgIpc) is 3.01. The van der Waals surface area contributed by atoms with Crippen LogP contribution in [-0.4, -0.2) is 36.1 Å². The third-order valence-electron chi connectivity index (χ3n) is 6.07. The van der Waals surface area contributed by atoms with Crippen LogP contribution in [0.25, 0.3) is 16.5 Å². The van der Waals surface area contributed by atoms with Crippen LogP contribution in [0.4, 0.5) is 0 Å². The Morgan fingerprint density at radius 3 is 2.41 bits per heavy atom. The van der Waals surface area contributed by atoms with Gasteiger partial charge in [0.1, 0.15) is 0 Å². The van der Waals surface area contributed by atoms with Crippen LogP contribution in [0, 0.1) is 13.8 Å². The molecule has 0 fully saturated rings. The van der Waals surface area contributed by atoms with Crippen molar-refractivity contribution in [2.24, 2.45) is 0 Å². The SMILES string of the molecule is CCS(=O)(=O)N1CC=C(c2c(C)n(Cc3ccccc3C)c3ccccc23)CC1. The number of aromatic nitrogens is 1. The minimum Gasteiger partial charge on any atom is -0.340 e. The maximum absolute atomic E-state index is 12.2. The number of fused-ring (bicyclic) bond motifs is 1. The summed E-state index contributed by atoms with van der Waals surface area (Å²) in [4.78, 5) is 0. The molecule has 0 N–H and O–H groups in total. The summed E-state index contributed by atoms with van der Waals surface area (Å²) in [6, 6.07) is 17.1. The Labute approximate surface area is 173 Å². The predicted octanol–water partition coefficient (Wildman–Crippen LogP) is 4.75. The Morgan fingerprint density at radius 1 is 1.00 bits per heavy atom. The van der Waals surface area contributed by atoms with Crippen LogP contribution in [-0.2, 0) is 16.6 Å². The smallest absolute Gasteiger partial charge is 0.214 e. The van der Waals surface area contributed by atoms with Gasteiger partial charge in [-0.15, -0.1) is 0 Å². The molecule has 0 aliphatic carbocycles. The van der Waals surface area contributed by atoms with Crippen LogP contribution in [0.2, 0.25) is 0 Å². The van der Waals surface area contributed by atoms with Gasteiger partial charge in [0, 0.05) is 41.8 Å². The summed E-state index contributed by atoms with van der Waals surface area (Å²) in [6.07, 6.45) is 2.85. The Kier molecular flexibility index (Phi) is 5.36. The van der Waals surface area contributed by atoms with Gasteiger partial charge in [-0.25, -0.2) is 8.42 Å². The van der Waals surface area contributed by atoms with Gasteiger partial charge in [-0.3, -0.25) is 0 Å². The standard InChI is InChI=1S/C24H28N2O2S/c1-4-29(27,28)25-15-13-20(14-16-25)24-19(3)26(23-12-8-7-11-22(23)24)17-21-10-6-5-9-18(21)2/h5-13H,4,14-17H2,1-3H3. The number of aryl methyl sites for hydroxylation is 1. The molecule has 5 heteroatoms. The van der Waals surface area contributed by atoms with Gasteiger partial charge in [-0.05, 0) is 50.0 Å². The summed E-state index contributed by atoms with van der Waals surface area (Å²) in [5.74, 6) is 0.158. The molecule has 152 valence electrons. The van der Waals surface area contributed by atoms with Crippen LogP contribution in [0.1, 0.15) is 35.7 Å². The highest BCUT2D eigenvalue weighted by Gasteiger charge is 2.25. The van der Waals surface area contributed by atoms with E-state index in [1.54, 1.807) is 11.2 Å². The number of nitrogens with zero attached hydrogens (tertiary/aromatic N) is 2. The summed E-state index contributed by atoms with van der Waals surface area (Å²) in [7, 11) is -3.14. The fourth-order valence-corrected chi connectivity index (χ4v) is 5.35. The number of rotatable bonds is 5. The third-order valence-corrected chi connectivity index (χ3v) is 7.92. The van der Waals surface area contributed by atoms with Crippen LogP contribution < -0.4 is 0 Å². The van der Waals surface area contributed by atoms with E-state index in [1.807, 2.05) is 0 Å². The van der Waals surface area contributed by atoms with Gasteiger partial charge >= 0.3 is 0 Å². The van der Waals surface area contributed by atoms with E-state index in [0.717, 1.165) is 13.0 Å². The molecule has 0 amide bonds. The van der Waals surface area contributed by atoms with Gasteiger partial charge in [-0.1, -0.05) is 48.5 Å². The summed E-state index contributed by atoms with van der Waals surface area (Å²) < 4.78 is 28.4. The number of benzene rings is 2. The lowest BCUT2D eigenvalue weighted by Crippen LogP contribution is -2.35.